The molecule has 3 aromatic rings. The molecule has 0 aliphatic carbocycles. The zero-order chi connectivity index (χ0) is 24.6. The summed E-state index contributed by atoms with van der Waals surface area (Å²) in [6, 6.07) is 3.16. The van der Waals surface area contributed by atoms with E-state index < -0.39 is 25.0 Å². The molecule has 0 amide bonds. The van der Waals surface area contributed by atoms with Crippen LogP contribution in [0.15, 0.2) is 24.7 Å². The van der Waals surface area contributed by atoms with E-state index >= 15 is 0 Å². The van der Waals surface area contributed by atoms with Gasteiger partial charge in [-0.15, -0.1) is 0 Å². The van der Waals surface area contributed by atoms with E-state index in [9.17, 15) is 18.7 Å². The number of fused-ring (bicyclic) bond motifs is 2. The Kier molecular flexibility index (Phi) is 8.35. The van der Waals surface area contributed by atoms with E-state index in [0.717, 1.165) is 43.7 Å². The Balaban J connectivity index is 1.28. The van der Waals surface area contributed by atoms with Crippen molar-refractivity contribution in [1.82, 2.24) is 30.0 Å². The number of alkyl halides is 2. The zero-order valence-electron chi connectivity index (χ0n) is 19.4. The Labute approximate surface area is 201 Å². The third-order valence-corrected chi connectivity index (χ3v) is 6.10. The number of carboxylic acid groups (broad SMARTS) is 1. The van der Waals surface area contributed by atoms with E-state index in [1.807, 2.05) is 6.07 Å². The number of pyridine rings is 1. The second-order valence-corrected chi connectivity index (χ2v) is 8.67. The van der Waals surface area contributed by atoms with Crippen LogP contribution in [0.25, 0.3) is 11.0 Å². The van der Waals surface area contributed by atoms with Crippen molar-refractivity contribution in [2.45, 2.75) is 51.0 Å². The zero-order valence-corrected chi connectivity index (χ0v) is 19.4. The molecule has 0 fully saturated rings. The summed E-state index contributed by atoms with van der Waals surface area (Å²) in [5.41, 5.74) is 2.71. The second kappa shape index (κ2) is 11.8. The van der Waals surface area contributed by atoms with Crippen molar-refractivity contribution in [3.63, 3.8) is 0 Å². The van der Waals surface area contributed by atoms with Crippen molar-refractivity contribution >= 4 is 28.6 Å². The molecule has 188 valence electrons. The first kappa shape index (κ1) is 24.7. The number of aryl methyl sites for hydroxylation is 2. The number of unbranched alkanes of at least 4 members (excludes halogenated alkanes) is 1. The highest BCUT2D eigenvalue weighted by molar-refractivity contribution is 5.88. The topological polar surface area (TPSA) is 132 Å². The third-order valence-electron chi connectivity index (χ3n) is 6.10. The van der Waals surface area contributed by atoms with Gasteiger partial charge in [0.15, 0.2) is 5.65 Å². The summed E-state index contributed by atoms with van der Waals surface area (Å²) in [7, 11) is 0. The molecule has 35 heavy (non-hydrogen) atoms. The Hall–Kier alpha value is -3.41. The van der Waals surface area contributed by atoms with Gasteiger partial charge in [0.2, 0.25) is 0 Å². The van der Waals surface area contributed by atoms with Crippen molar-refractivity contribution in [3.05, 3.63) is 35.9 Å². The average Bonchev–Trinajstić information content (AvgIpc) is 3.33. The van der Waals surface area contributed by atoms with E-state index in [0.29, 0.717) is 29.8 Å². The summed E-state index contributed by atoms with van der Waals surface area (Å²) in [5, 5.41) is 23.0. The summed E-state index contributed by atoms with van der Waals surface area (Å²) in [6.45, 7) is 1.21. The molecule has 0 aromatic carbocycles. The number of halogens is 2. The summed E-state index contributed by atoms with van der Waals surface area (Å²) >= 11 is 0. The van der Waals surface area contributed by atoms with Crippen LogP contribution in [-0.4, -0.2) is 79.8 Å². The van der Waals surface area contributed by atoms with Gasteiger partial charge in [0.25, 0.3) is 6.43 Å². The first-order chi connectivity index (χ1) is 17.0. The van der Waals surface area contributed by atoms with Gasteiger partial charge in [-0.05, 0) is 56.7 Å². The molecule has 0 radical (unpaired) electrons. The standard InChI is InChI=1S/C23H30F2N8O2/c24-19(25)13-33(10-2-1-5-16-7-6-15-4-3-9-26-20(15)30-16)11-8-18(23(34)35)31-21-17-12-29-32-22(17)28-14-27-21/h6-7,12,14,18-19H,1-5,8-11,13H2,(H,26,30)(H,34,35)(H2,27,28,29,31,32). The van der Waals surface area contributed by atoms with Crippen LogP contribution in [0.4, 0.5) is 20.4 Å². The number of carbonyl (C=O) groups is 1. The Morgan fingerprint density at radius 1 is 1.23 bits per heavy atom. The lowest BCUT2D eigenvalue weighted by atomic mass is 10.1. The number of hydrogen-bond donors (Lipinski definition) is 4. The Bertz CT molecular complexity index is 1130. The fourth-order valence-electron chi connectivity index (χ4n) is 4.25. The average molecular weight is 489 g/mol. The number of aromatic nitrogens is 5. The molecule has 1 aliphatic rings. The summed E-state index contributed by atoms with van der Waals surface area (Å²) in [6.07, 6.45) is 4.90. The van der Waals surface area contributed by atoms with Crippen molar-refractivity contribution in [3.8, 4) is 0 Å². The van der Waals surface area contributed by atoms with Crippen molar-refractivity contribution in [2.24, 2.45) is 0 Å². The molecule has 1 unspecified atom stereocenters. The SMILES string of the molecule is O=C(O)C(CCN(CCCCc1ccc2c(n1)NCCC2)CC(F)F)Nc1ncnc2[nH]ncc12. The van der Waals surface area contributed by atoms with Gasteiger partial charge in [0.05, 0.1) is 18.1 Å². The number of aromatic amines is 1. The van der Waals surface area contributed by atoms with Crippen molar-refractivity contribution < 1.29 is 18.7 Å². The normalized spacial score (nSPS) is 14.2. The van der Waals surface area contributed by atoms with Gasteiger partial charge in [-0.2, -0.15) is 5.10 Å². The van der Waals surface area contributed by atoms with Crippen LogP contribution >= 0.6 is 0 Å². The molecule has 4 rings (SSSR count). The van der Waals surface area contributed by atoms with Crippen LogP contribution in [0.5, 0.6) is 0 Å². The lowest BCUT2D eigenvalue weighted by molar-refractivity contribution is -0.138. The molecule has 12 heteroatoms. The van der Waals surface area contributed by atoms with Crippen LogP contribution in [0.1, 0.15) is 36.9 Å². The van der Waals surface area contributed by atoms with Crippen LogP contribution in [-0.2, 0) is 17.6 Å². The summed E-state index contributed by atoms with van der Waals surface area (Å²) < 4.78 is 26.3. The number of aliphatic carboxylic acids is 1. The van der Waals surface area contributed by atoms with Gasteiger partial charge >= 0.3 is 5.97 Å². The van der Waals surface area contributed by atoms with Gasteiger partial charge in [-0.1, -0.05) is 6.07 Å². The van der Waals surface area contributed by atoms with Crippen LogP contribution in [0, 0.1) is 0 Å². The van der Waals surface area contributed by atoms with E-state index in [4.69, 9.17) is 0 Å². The highest BCUT2D eigenvalue weighted by Gasteiger charge is 2.22. The maximum absolute atomic E-state index is 13.2. The molecule has 0 saturated carbocycles. The fourth-order valence-corrected chi connectivity index (χ4v) is 4.25. The highest BCUT2D eigenvalue weighted by Crippen LogP contribution is 2.21. The van der Waals surface area contributed by atoms with Crippen LogP contribution in [0.2, 0.25) is 0 Å². The molecule has 0 spiro atoms. The van der Waals surface area contributed by atoms with Gasteiger partial charge < -0.3 is 15.7 Å². The number of anilines is 2. The van der Waals surface area contributed by atoms with Gasteiger partial charge in [0, 0.05) is 18.8 Å². The van der Waals surface area contributed by atoms with Crippen LogP contribution in [0.3, 0.4) is 0 Å². The number of rotatable bonds is 13. The number of nitrogens with zero attached hydrogens (tertiary/aromatic N) is 5. The first-order valence-corrected chi connectivity index (χ1v) is 11.9. The Morgan fingerprint density at radius 2 is 2.11 bits per heavy atom. The molecule has 10 nitrogen and oxygen atoms in total. The van der Waals surface area contributed by atoms with Crippen molar-refractivity contribution in [1.29, 1.82) is 0 Å². The number of nitrogens with one attached hydrogen (secondary N) is 3. The van der Waals surface area contributed by atoms with E-state index in [1.165, 1.54) is 18.1 Å². The lowest BCUT2D eigenvalue weighted by Gasteiger charge is -2.24. The molecule has 0 bridgehead atoms. The van der Waals surface area contributed by atoms with E-state index in [1.54, 1.807) is 4.90 Å². The Morgan fingerprint density at radius 3 is 2.94 bits per heavy atom. The minimum Gasteiger partial charge on any atom is -0.480 e. The van der Waals surface area contributed by atoms with Crippen molar-refractivity contribution in [2.75, 3.05) is 36.8 Å². The van der Waals surface area contributed by atoms with E-state index in [-0.39, 0.29) is 13.0 Å². The maximum atomic E-state index is 13.2. The lowest BCUT2D eigenvalue weighted by Crippen LogP contribution is -2.37. The fraction of sp³-hybridized carbons (Fsp3) is 0.522. The minimum atomic E-state index is -2.49. The summed E-state index contributed by atoms with van der Waals surface area (Å²) in [4.78, 5) is 26.3. The molecular formula is C23H30F2N8O2. The molecule has 4 N–H and O–H groups in total. The van der Waals surface area contributed by atoms with Crippen LogP contribution < -0.4 is 10.6 Å². The van der Waals surface area contributed by atoms with Gasteiger partial charge in [0.1, 0.15) is 24.0 Å². The maximum Gasteiger partial charge on any atom is 0.326 e. The van der Waals surface area contributed by atoms with E-state index in [2.05, 4.69) is 41.8 Å². The molecule has 0 saturated heterocycles. The smallest absolute Gasteiger partial charge is 0.326 e. The second-order valence-electron chi connectivity index (χ2n) is 8.67. The van der Waals surface area contributed by atoms with Gasteiger partial charge in [-0.25, -0.2) is 28.5 Å². The third kappa shape index (κ3) is 6.81. The molecule has 3 aromatic heterocycles. The quantitative estimate of drug-likeness (QED) is 0.268. The predicted octanol–water partition coefficient (Wildman–Crippen LogP) is 2.95. The minimum absolute atomic E-state index is 0.142. The summed E-state index contributed by atoms with van der Waals surface area (Å²) in [5.74, 6) is 0.213. The molecule has 1 aliphatic heterocycles. The largest absolute Gasteiger partial charge is 0.480 e. The van der Waals surface area contributed by atoms with Gasteiger partial charge in [-0.3, -0.25) is 10.00 Å². The molecular weight excluding hydrogens is 458 g/mol. The molecule has 4 heterocycles. The monoisotopic (exact) mass is 488 g/mol. The number of H-pyrrole nitrogens is 1. The highest BCUT2D eigenvalue weighted by atomic mass is 19.3. The number of carboxylic acids is 1. The predicted molar refractivity (Wildman–Crippen MR) is 128 cm³/mol. The first-order valence-electron chi connectivity index (χ1n) is 11.9. The molecule has 1 atom stereocenters. The number of hydrogen-bond acceptors (Lipinski definition) is 8.